The standard InChI is InChI=1S/C15H25N5O3/c1-5-16-15(17-7-6-13-18-11(3)19-23-13)20-8-10(2)12(9-20)14(21)22-4/h10,12H,5-9H2,1-4H3,(H,16,17). The van der Waals surface area contributed by atoms with Crippen LogP contribution in [-0.2, 0) is 16.0 Å². The molecule has 1 aliphatic heterocycles. The number of hydrogen-bond acceptors (Lipinski definition) is 6. The van der Waals surface area contributed by atoms with Crippen LogP contribution in [-0.4, -0.2) is 60.3 Å². The highest BCUT2D eigenvalue weighted by molar-refractivity contribution is 5.82. The summed E-state index contributed by atoms with van der Waals surface area (Å²) in [5.41, 5.74) is 0. The van der Waals surface area contributed by atoms with E-state index in [9.17, 15) is 4.79 Å². The molecule has 1 aromatic rings. The van der Waals surface area contributed by atoms with Crippen LogP contribution in [0, 0.1) is 18.8 Å². The maximum atomic E-state index is 11.8. The van der Waals surface area contributed by atoms with Crippen LogP contribution in [0.1, 0.15) is 25.6 Å². The van der Waals surface area contributed by atoms with E-state index in [0.717, 1.165) is 19.0 Å². The van der Waals surface area contributed by atoms with Gasteiger partial charge in [0.05, 0.1) is 19.6 Å². The van der Waals surface area contributed by atoms with Crippen molar-refractivity contribution in [2.45, 2.75) is 27.2 Å². The number of nitrogens with one attached hydrogen (secondary N) is 1. The Labute approximate surface area is 136 Å². The molecule has 0 radical (unpaired) electrons. The topological polar surface area (TPSA) is 92.9 Å². The van der Waals surface area contributed by atoms with Gasteiger partial charge in [-0.15, -0.1) is 0 Å². The first-order valence-corrected chi connectivity index (χ1v) is 7.95. The molecule has 0 amide bonds. The fourth-order valence-electron chi connectivity index (χ4n) is 2.72. The van der Waals surface area contributed by atoms with Crippen LogP contribution >= 0.6 is 0 Å². The molecule has 0 aliphatic carbocycles. The van der Waals surface area contributed by atoms with Gasteiger partial charge >= 0.3 is 5.97 Å². The summed E-state index contributed by atoms with van der Waals surface area (Å²) in [6.07, 6.45) is 0.597. The number of esters is 1. The summed E-state index contributed by atoms with van der Waals surface area (Å²) in [6, 6.07) is 0. The number of guanidine groups is 1. The number of carbonyl (C=O) groups is 1. The number of aryl methyl sites for hydroxylation is 1. The molecule has 8 nitrogen and oxygen atoms in total. The molecule has 2 rings (SSSR count). The number of methoxy groups -OCH3 is 1. The van der Waals surface area contributed by atoms with E-state index in [1.165, 1.54) is 7.11 Å². The second-order valence-corrected chi connectivity index (χ2v) is 5.73. The Balaban J connectivity index is 1.97. The lowest BCUT2D eigenvalue weighted by Crippen LogP contribution is -2.40. The summed E-state index contributed by atoms with van der Waals surface area (Å²) in [7, 11) is 1.43. The number of nitrogens with zero attached hydrogens (tertiary/aromatic N) is 4. The van der Waals surface area contributed by atoms with E-state index in [-0.39, 0.29) is 17.8 Å². The number of carbonyl (C=O) groups excluding carboxylic acids is 1. The molecule has 1 aromatic heterocycles. The van der Waals surface area contributed by atoms with Gasteiger partial charge in [-0.25, -0.2) is 0 Å². The average Bonchev–Trinajstić information content (AvgIpc) is 3.11. The number of aromatic nitrogens is 2. The van der Waals surface area contributed by atoms with Crippen molar-refractivity contribution >= 4 is 11.9 Å². The molecule has 2 atom stereocenters. The molecule has 1 saturated heterocycles. The number of ether oxygens (including phenoxy) is 1. The van der Waals surface area contributed by atoms with Crippen molar-refractivity contribution < 1.29 is 14.1 Å². The Morgan fingerprint density at radius 3 is 2.91 bits per heavy atom. The van der Waals surface area contributed by atoms with Gasteiger partial charge in [0, 0.05) is 26.1 Å². The van der Waals surface area contributed by atoms with E-state index in [0.29, 0.717) is 31.2 Å². The van der Waals surface area contributed by atoms with Gasteiger partial charge in [0.15, 0.2) is 11.8 Å². The lowest BCUT2D eigenvalue weighted by molar-refractivity contribution is -0.145. The van der Waals surface area contributed by atoms with Crippen LogP contribution in [0.5, 0.6) is 0 Å². The molecule has 8 heteroatoms. The molecule has 128 valence electrons. The quantitative estimate of drug-likeness (QED) is 0.482. The van der Waals surface area contributed by atoms with Crippen LogP contribution < -0.4 is 5.32 Å². The predicted octanol–water partition coefficient (Wildman–Crippen LogP) is 0.627. The van der Waals surface area contributed by atoms with E-state index in [1.807, 2.05) is 6.92 Å². The minimum absolute atomic E-state index is 0.109. The summed E-state index contributed by atoms with van der Waals surface area (Å²) in [6.45, 7) is 8.61. The van der Waals surface area contributed by atoms with E-state index < -0.39 is 0 Å². The minimum Gasteiger partial charge on any atom is -0.469 e. The third kappa shape index (κ3) is 4.43. The predicted molar refractivity (Wildman–Crippen MR) is 85.0 cm³/mol. The van der Waals surface area contributed by atoms with Gasteiger partial charge in [-0.05, 0) is 19.8 Å². The Morgan fingerprint density at radius 2 is 2.30 bits per heavy atom. The number of likely N-dealkylation sites (tertiary alicyclic amines) is 1. The van der Waals surface area contributed by atoms with Gasteiger partial charge in [-0.3, -0.25) is 9.79 Å². The van der Waals surface area contributed by atoms with Crippen molar-refractivity contribution in [3.63, 3.8) is 0 Å². The molecular weight excluding hydrogens is 298 g/mol. The average molecular weight is 323 g/mol. The highest BCUT2D eigenvalue weighted by Crippen LogP contribution is 2.24. The van der Waals surface area contributed by atoms with Crippen molar-refractivity contribution in [1.82, 2.24) is 20.4 Å². The molecule has 0 spiro atoms. The number of rotatable bonds is 5. The van der Waals surface area contributed by atoms with Crippen LogP contribution in [0.2, 0.25) is 0 Å². The molecule has 1 N–H and O–H groups in total. The molecule has 1 aliphatic rings. The van der Waals surface area contributed by atoms with Crippen molar-refractivity contribution in [2.75, 3.05) is 33.3 Å². The van der Waals surface area contributed by atoms with E-state index in [4.69, 9.17) is 9.26 Å². The summed E-state index contributed by atoms with van der Waals surface area (Å²) < 4.78 is 9.97. The lowest BCUT2D eigenvalue weighted by atomic mass is 9.99. The Bertz CT molecular complexity index is 557. The van der Waals surface area contributed by atoms with Gasteiger partial charge in [0.1, 0.15) is 0 Å². The van der Waals surface area contributed by atoms with Gasteiger partial charge in [-0.2, -0.15) is 4.98 Å². The third-order valence-corrected chi connectivity index (χ3v) is 3.91. The largest absolute Gasteiger partial charge is 0.469 e. The van der Waals surface area contributed by atoms with Crippen LogP contribution in [0.15, 0.2) is 9.52 Å². The second-order valence-electron chi connectivity index (χ2n) is 5.73. The molecule has 2 heterocycles. The summed E-state index contributed by atoms with van der Waals surface area (Å²) in [5.74, 6) is 2.00. The zero-order chi connectivity index (χ0) is 16.8. The first-order valence-electron chi connectivity index (χ1n) is 7.95. The van der Waals surface area contributed by atoms with Crippen LogP contribution in [0.3, 0.4) is 0 Å². The second kappa shape index (κ2) is 7.94. The summed E-state index contributed by atoms with van der Waals surface area (Å²) >= 11 is 0. The van der Waals surface area contributed by atoms with E-state index in [1.54, 1.807) is 6.92 Å². The minimum atomic E-state index is -0.155. The SMILES string of the molecule is CCNC(=NCCc1nc(C)no1)N1CC(C)C(C(=O)OC)C1. The maximum Gasteiger partial charge on any atom is 0.310 e. The van der Waals surface area contributed by atoms with Gasteiger partial charge < -0.3 is 19.5 Å². The lowest BCUT2D eigenvalue weighted by Gasteiger charge is -2.21. The fourth-order valence-corrected chi connectivity index (χ4v) is 2.72. The maximum absolute atomic E-state index is 11.8. The number of aliphatic imine (C=N–C) groups is 1. The van der Waals surface area contributed by atoms with Crippen molar-refractivity contribution in [3.05, 3.63) is 11.7 Å². The normalized spacial score (nSPS) is 21.6. The molecule has 0 saturated carbocycles. The zero-order valence-electron chi connectivity index (χ0n) is 14.2. The van der Waals surface area contributed by atoms with Crippen LogP contribution in [0.4, 0.5) is 0 Å². The fraction of sp³-hybridized carbons (Fsp3) is 0.733. The highest BCUT2D eigenvalue weighted by atomic mass is 16.5. The highest BCUT2D eigenvalue weighted by Gasteiger charge is 2.36. The molecule has 2 unspecified atom stereocenters. The van der Waals surface area contributed by atoms with Crippen molar-refractivity contribution in [3.8, 4) is 0 Å². The number of hydrogen-bond donors (Lipinski definition) is 1. The monoisotopic (exact) mass is 323 g/mol. The van der Waals surface area contributed by atoms with Crippen molar-refractivity contribution in [2.24, 2.45) is 16.8 Å². The van der Waals surface area contributed by atoms with Crippen molar-refractivity contribution in [1.29, 1.82) is 0 Å². The first kappa shape index (κ1) is 17.2. The van der Waals surface area contributed by atoms with Gasteiger partial charge in [0.2, 0.25) is 5.89 Å². The Morgan fingerprint density at radius 1 is 1.52 bits per heavy atom. The smallest absolute Gasteiger partial charge is 0.310 e. The Hall–Kier alpha value is -2.12. The molecule has 0 bridgehead atoms. The third-order valence-electron chi connectivity index (χ3n) is 3.91. The summed E-state index contributed by atoms with van der Waals surface area (Å²) in [5, 5.41) is 7.04. The molecule has 0 aromatic carbocycles. The summed E-state index contributed by atoms with van der Waals surface area (Å²) in [4.78, 5) is 22.7. The van der Waals surface area contributed by atoms with E-state index >= 15 is 0 Å². The van der Waals surface area contributed by atoms with Gasteiger partial charge in [0.25, 0.3) is 0 Å². The zero-order valence-corrected chi connectivity index (χ0v) is 14.2. The molecule has 23 heavy (non-hydrogen) atoms. The molecular formula is C15H25N5O3. The van der Waals surface area contributed by atoms with E-state index in [2.05, 4.69) is 32.3 Å². The Kier molecular flexibility index (Phi) is 5.95. The first-order chi connectivity index (χ1) is 11.0. The molecule has 1 fully saturated rings. The van der Waals surface area contributed by atoms with Gasteiger partial charge in [-0.1, -0.05) is 12.1 Å². The van der Waals surface area contributed by atoms with Crippen LogP contribution in [0.25, 0.3) is 0 Å².